The van der Waals surface area contributed by atoms with Gasteiger partial charge < -0.3 is 0 Å². The molecule has 0 radical (unpaired) electrons. The van der Waals surface area contributed by atoms with Crippen molar-refractivity contribution in [3.05, 3.63) is 16.4 Å². The molecule has 3 nitrogen and oxygen atoms in total. The summed E-state index contributed by atoms with van der Waals surface area (Å²) in [7, 11) is 0. The first-order chi connectivity index (χ1) is 7.11. The number of aryl methyl sites for hydroxylation is 1. The van der Waals surface area contributed by atoms with Crippen LogP contribution in [0.4, 0.5) is 0 Å². The van der Waals surface area contributed by atoms with Gasteiger partial charge in [0.2, 0.25) is 0 Å². The average Bonchev–Trinajstić information content (AvgIpc) is 2.52. The zero-order valence-corrected chi connectivity index (χ0v) is 10.3. The van der Waals surface area contributed by atoms with Gasteiger partial charge in [-0.2, -0.15) is 5.10 Å². The number of halogens is 1. The maximum atomic E-state index is 11.3. The molecule has 0 bridgehead atoms. The molecule has 1 aromatic heterocycles. The Balaban J connectivity index is 3.04. The fourth-order valence-electron chi connectivity index (χ4n) is 1.53. The largest absolute Gasteiger partial charge is 0.293 e. The van der Waals surface area contributed by atoms with Crippen LogP contribution in [0.5, 0.6) is 0 Å². The number of hydrogen-bond donors (Lipinski definition) is 0. The number of rotatable bonds is 5. The fourth-order valence-corrected chi connectivity index (χ4v) is 1.93. The highest BCUT2D eigenvalue weighted by Crippen LogP contribution is 2.22. The first-order valence-corrected chi connectivity index (χ1v) is 5.75. The number of aromatic nitrogens is 2. The van der Waals surface area contributed by atoms with E-state index in [1.807, 2.05) is 11.6 Å². The summed E-state index contributed by atoms with van der Waals surface area (Å²) in [4.78, 5) is 11.3. The summed E-state index contributed by atoms with van der Waals surface area (Å²) >= 11 is 6.10. The summed E-state index contributed by atoms with van der Waals surface area (Å²) in [5.74, 6) is -0.0649. The molecule has 1 heterocycles. The van der Waals surface area contributed by atoms with Crippen LogP contribution in [0.3, 0.4) is 0 Å². The Morgan fingerprint density at radius 2 is 2.13 bits per heavy atom. The molecule has 0 saturated heterocycles. The van der Waals surface area contributed by atoms with Crippen LogP contribution in [0.15, 0.2) is 0 Å². The lowest BCUT2D eigenvalue weighted by Gasteiger charge is -2.03. The number of ketones is 1. The van der Waals surface area contributed by atoms with Crippen molar-refractivity contribution in [3.8, 4) is 0 Å². The molecule has 1 rings (SSSR count). The molecule has 0 fully saturated rings. The van der Waals surface area contributed by atoms with Gasteiger partial charge in [0.1, 0.15) is 5.69 Å². The van der Waals surface area contributed by atoms with Gasteiger partial charge in [-0.25, -0.2) is 0 Å². The maximum absolute atomic E-state index is 11.3. The molecule has 0 aromatic carbocycles. The van der Waals surface area contributed by atoms with E-state index in [2.05, 4.69) is 12.0 Å². The molecule has 84 valence electrons. The van der Waals surface area contributed by atoms with Crippen molar-refractivity contribution in [1.29, 1.82) is 0 Å². The van der Waals surface area contributed by atoms with Gasteiger partial charge in [-0.3, -0.25) is 9.48 Å². The van der Waals surface area contributed by atoms with Crippen LogP contribution >= 0.6 is 11.6 Å². The zero-order chi connectivity index (χ0) is 11.4. The molecule has 0 saturated carbocycles. The van der Waals surface area contributed by atoms with Gasteiger partial charge in [-0.15, -0.1) is 0 Å². The third-order valence-corrected chi connectivity index (χ3v) is 2.78. The summed E-state index contributed by atoms with van der Waals surface area (Å²) in [6.45, 7) is 6.49. The number of carbonyl (C=O) groups is 1. The average molecular weight is 229 g/mol. The molecular formula is C11H17ClN2O. The minimum absolute atomic E-state index is 0.0649. The second-order valence-electron chi connectivity index (χ2n) is 3.60. The van der Waals surface area contributed by atoms with E-state index in [-0.39, 0.29) is 5.78 Å². The van der Waals surface area contributed by atoms with Crippen LogP contribution in [0, 0.1) is 0 Å². The van der Waals surface area contributed by atoms with Crippen molar-refractivity contribution >= 4 is 17.4 Å². The van der Waals surface area contributed by atoms with E-state index in [9.17, 15) is 4.79 Å². The van der Waals surface area contributed by atoms with Crippen molar-refractivity contribution in [2.75, 3.05) is 0 Å². The van der Waals surface area contributed by atoms with Crippen LogP contribution in [0.25, 0.3) is 0 Å². The number of carbonyl (C=O) groups excluding carboxylic acids is 1. The molecule has 0 N–H and O–H groups in total. The molecule has 4 heteroatoms. The molecule has 0 aliphatic rings. The fraction of sp³-hybridized carbons (Fsp3) is 0.636. The van der Waals surface area contributed by atoms with Gasteiger partial charge in [0, 0.05) is 13.5 Å². The van der Waals surface area contributed by atoms with Gasteiger partial charge in [-0.05, 0) is 12.8 Å². The molecule has 0 aliphatic heterocycles. The first kappa shape index (κ1) is 12.2. The van der Waals surface area contributed by atoms with E-state index >= 15 is 0 Å². The lowest BCUT2D eigenvalue weighted by atomic mass is 10.2. The number of nitrogens with zero attached hydrogens (tertiary/aromatic N) is 2. The van der Waals surface area contributed by atoms with Gasteiger partial charge in [0.15, 0.2) is 5.78 Å². The summed E-state index contributed by atoms with van der Waals surface area (Å²) in [6.07, 6.45) is 2.97. The van der Waals surface area contributed by atoms with Crippen LogP contribution < -0.4 is 0 Å². The molecule has 15 heavy (non-hydrogen) atoms. The van der Waals surface area contributed by atoms with Crippen LogP contribution in [0.1, 0.15) is 49.8 Å². The number of Topliss-reactive ketones (excluding diaryl/α,β-unsaturated/α-hetero) is 1. The van der Waals surface area contributed by atoms with E-state index in [4.69, 9.17) is 11.6 Å². The lowest BCUT2D eigenvalue weighted by molar-refractivity contribution is 0.101. The van der Waals surface area contributed by atoms with E-state index < -0.39 is 0 Å². The van der Waals surface area contributed by atoms with Crippen molar-refractivity contribution in [3.63, 3.8) is 0 Å². The molecule has 0 amide bonds. The summed E-state index contributed by atoms with van der Waals surface area (Å²) in [5, 5.41) is 4.78. The minimum atomic E-state index is -0.0649. The molecule has 0 spiro atoms. The highest BCUT2D eigenvalue weighted by atomic mass is 35.5. The Kier molecular flexibility index (Phi) is 4.33. The quantitative estimate of drug-likeness (QED) is 0.726. The normalized spacial score (nSPS) is 10.7. The molecule has 0 aliphatic carbocycles. The SMILES string of the molecule is CCCCn1nc(C(C)=O)c(Cl)c1CC. The predicted octanol–water partition coefficient (Wildman–Crippen LogP) is 3.10. The van der Waals surface area contributed by atoms with E-state index in [1.165, 1.54) is 6.92 Å². The summed E-state index contributed by atoms with van der Waals surface area (Å²) in [6, 6.07) is 0. The lowest BCUT2D eigenvalue weighted by Crippen LogP contribution is -2.05. The first-order valence-electron chi connectivity index (χ1n) is 5.37. The van der Waals surface area contributed by atoms with Crippen molar-refractivity contribution in [1.82, 2.24) is 9.78 Å². The monoisotopic (exact) mass is 228 g/mol. The van der Waals surface area contributed by atoms with Crippen LogP contribution in [0.2, 0.25) is 5.02 Å². The van der Waals surface area contributed by atoms with Crippen molar-refractivity contribution < 1.29 is 4.79 Å². The Labute approximate surface area is 95.4 Å². The molecule has 0 unspecified atom stereocenters. The number of hydrogen-bond acceptors (Lipinski definition) is 2. The van der Waals surface area contributed by atoms with Gasteiger partial charge in [-0.1, -0.05) is 31.9 Å². The maximum Gasteiger partial charge on any atom is 0.181 e. The van der Waals surface area contributed by atoms with Gasteiger partial charge in [0.05, 0.1) is 10.7 Å². The Morgan fingerprint density at radius 1 is 1.47 bits per heavy atom. The second-order valence-corrected chi connectivity index (χ2v) is 3.97. The van der Waals surface area contributed by atoms with Crippen LogP contribution in [-0.4, -0.2) is 15.6 Å². The van der Waals surface area contributed by atoms with Crippen molar-refractivity contribution in [2.45, 2.75) is 46.6 Å². The minimum Gasteiger partial charge on any atom is -0.293 e. The van der Waals surface area contributed by atoms with E-state index in [0.717, 1.165) is 31.5 Å². The van der Waals surface area contributed by atoms with Crippen LogP contribution in [-0.2, 0) is 13.0 Å². The van der Waals surface area contributed by atoms with Gasteiger partial charge >= 0.3 is 0 Å². The standard InChI is InChI=1S/C11H17ClN2O/c1-4-6-7-14-9(5-2)10(12)11(13-14)8(3)15/h4-7H2,1-3H3. The Hall–Kier alpha value is -0.830. The molecule has 0 atom stereocenters. The van der Waals surface area contributed by atoms with Crippen molar-refractivity contribution in [2.24, 2.45) is 0 Å². The van der Waals surface area contributed by atoms with E-state index in [1.54, 1.807) is 0 Å². The summed E-state index contributed by atoms with van der Waals surface area (Å²) < 4.78 is 1.86. The zero-order valence-electron chi connectivity index (χ0n) is 9.51. The third-order valence-electron chi connectivity index (χ3n) is 2.39. The molecule has 1 aromatic rings. The molecular weight excluding hydrogens is 212 g/mol. The Morgan fingerprint density at radius 3 is 2.60 bits per heavy atom. The Bertz CT molecular complexity index is 358. The smallest absolute Gasteiger partial charge is 0.181 e. The third kappa shape index (κ3) is 2.59. The van der Waals surface area contributed by atoms with Gasteiger partial charge in [0.25, 0.3) is 0 Å². The predicted molar refractivity (Wildman–Crippen MR) is 61.5 cm³/mol. The second kappa shape index (κ2) is 5.31. The highest BCUT2D eigenvalue weighted by molar-refractivity contribution is 6.34. The number of unbranched alkanes of at least 4 members (excludes halogenated alkanes) is 1. The van der Waals surface area contributed by atoms with E-state index in [0.29, 0.717) is 10.7 Å². The topological polar surface area (TPSA) is 34.9 Å². The highest BCUT2D eigenvalue weighted by Gasteiger charge is 2.17. The summed E-state index contributed by atoms with van der Waals surface area (Å²) in [5.41, 5.74) is 1.37.